The Morgan fingerprint density at radius 3 is 3.00 bits per heavy atom. The van der Waals surface area contributed by atoms with Gasteiger partial charge >= 0.3 is 5.97 Å². The molecule has 0 saturated heterocycles. The molecule has 0 spiro atoms. The number of carbonyl (C=O) groups excluding carboxylic acids is 1. The lowest BCUT2D eigenvalue weighted by Gasteiger charge is -2.13. The molecular formula is C9H12O3. The first-order chi connectivity index (χ1) is 5.84. The topological polar surface area (TPSA) is 35.5 Å². The molecule has 0 amide bonds. The predicted molar refractivity (Wildman–Crippen MR) is 44.4 cm³/mol. The van der Waals surface area contributed by atoms with Crippen LogP contribution < -0.4 is 0 Å². The summed E-state index contributed by atoms with van der Waals surface area (Å²) < 4.78 is 9.88. The van der Waals surface area contributed by atoms with Gasteiger partial charge in [0.1, 0.15) is 0 Å². The Morgan fingerprint density at radius 2 is 2.42 bits per heavy atom. The van der Waals surface area contributed by atoms with Crippen molar-refractivity contribution in [2.45, 2.75) is 19.4 Å². The van der Waals surface area contributed by atoms with Gasteiger partial charge in [0.25, 0.3) is 0 Å². The highest BCUT2D eigenvalue weighted by atomic mass is 16.6. The quantitative estimate of drug-likeness (QED) is 0.598. The van der Waals surface area contributed by atoms with Gasteiger partial charge in [-0.3, -0.25) is 0 Å². The SMILES string of the molecule is CCCOC(=O)C1C=CC=CO1. The highest BCUT2D eigenvalue weighted by Crippen LogP contribution is 2.04. The van der Waals surface area contributed by atoms with Crippen LogP contribution in [0.15, 0.2) is 24.5 Å². The summed E-state index contributed by atoms with van der Waals surface area (Å²) in [6.07, 6.45) is 6.92. The predicted octanol–water partition coefficient (Wildman–Crippen LogP) is 1.41. The van der Waals surface area contributed by atoms with Gasteiger partial charge in [-0.05, 0) is 18.6 Å². The number of carbonyl (C=O) groups is 1. The molecule has 12 heavy (non-hydrogen) atoms. The van der Waals surface area contributed by atoms with Crippen LogP contribution in [-0.2, 0) is 14.3 Å². The van der Waals surface area contributed by atoms with Gasteiger partial charge in [-0.1, -0.05) is 13.0 Å². The Bertz CT molecular complexity index is 206. The Morgan fingerprint density at radius 1 is 1.58 bits per heavy atom. The molecule has 0 aromatic heterocycles. The Labute approximate surface area is 71.7 Å². The molecule has 0 N–H and O–H groups in total. The van der Waals surface area contributed by atoms with E-state index in [0.717, 1.165) is 6.42 Å². The molecule has 1 heterocycles. The standard InChI is InChI=1S/C9H12O3/c1-2-6-12-9(10)8-5-3-4-7-11-8/h3-5,7-8H,2,6H2,1H3. The van der Waals surface area contributed by atoms with Gasteiger partial charge in [0.2, 0.25) is 6.10 Å². The lowest BCUT2D eigenvalue weighted by molar-refractivity contribution is -0.151. The average molecular weight is 168 g/mol. The highest BCUT2D eigenvalue weighted by Gasteiger charge is 2.17. The van der Waals surface area contributed by atoms with Gasteiger partial charge in [-0.15, -0.1) is 0 Å². The van der Waals surface area contributed by atoms with Crippen molar-refractivity contribution in [2.24, 2.45) is 0 Å². The minimum Gasteiger partial charge on any atom is -0.482 e. The third kappa shape index (κ3) is 2.42. The van der Waals surface area contributed by atoms with E-state index in [-0.39, 0.29) is 5.97 Å². The molecule has 0 aromatic rings. The molecule has 66 valence electrons. The Kier molecular flexibility index (Phi) is 3.38. The second-order valence-corrected chi connectivity index (χ2v) is 2.44. The van der Waals surface area contributed by atoms with Crippen LogP contribution in [0.25, 0.3) is 0 Å². The number of ether oxygens (including phenoxy) is 2. The summed E-state index contributed by atoms with van der Waals surface area (Å²) in [7, 11) is 0. The van der Waals surface area contributed by atoms with Crippen molar-refractivity contribution in [3.05, 3.63) is 24.5 Å². The van der Waals surface area contributed by atoms with E-state index >= 15 is 0 Å². The van der Waals surface area contributed by atoms with Gasteiger partial charge < -0.3 is 9.47 Å². The van der Waals surface area contributed by atoms with E-state index in [1.165, 1.54) is 6.26 Å². The zero-order valence-electron chi connectivity index (χ0n) is 7.03. The molecule has 0 bridgehead atoms. The Balaban J connectivity index is 2.32. The van der Waals surface area contributed by atoms with Crippen molar-refractivity contribution in [2.75, 3.05) is 6.61 Å². The number of hydrogen-bond donors (Lipinski definition) is 0. The molecule has 0 radical (unpaired) electrons. The molecular weight excluding hydrogens is 156 g/mol. The van der Waals surface area contributed by atoms with Crippen molar-refractivity contribution in [3.8, 4) is 0 Å². The fourth-order valence-corrected chi connectivity index (χ4v) is 0.805. The van der Waals surface area contributed by atoms with Crippen molar-refractivity contribution in [1.29, 1.82) is 0 Å². The molecule has 1 aliphatic rings. The number of allylic oxidation sites excluding steroid dienone is 2. The van der Waals surface area contributed by atoms with Crippen molar-refractivity contribution in [3.63, 3.8) is 0 Å². The Hall–Kier alpha value is -1.25. The van der Waals surface area contributed by atoms with Crippen LogP contribution in [0.4, 0.5) is 0 Å². The maximum Gasteiger partial charge on any atom is 0.351 e. The van der Waals surface area contributed by atoms with E-state index in [9.17, 15) is 4.79 Å². The molecule has 3 heteroatoms. The summed E-state index contributed by atoms with van der Waals surface area (Å²) in [6, 6.07) is 0. The third-order valence-electron chi connectivity index (χ3n) is 1.38. The number of hydrogen-bond acceptors (Lipinski definition) is 3. The van der Waals surface area contributed by atoms with E-state index in [1.807, 2.05) is 6.92 Å². The summed E-state index contributed by atoms with van der Waals surface area (Å²) in [5.74, 6) is -0.322. The smallest absolute Gasteiger partial charge is 0.351 e. The van der Waals surface area contributed by atoms with Gasteiger partial charge in [0.15, 0.2) is 0 Å². The van der Waals surface area contributed by atoms with Crippen LogP contribution in [0.5, 0.6) is 0 Å². The first-order valence-electron chi connectivity index (χ1n) is 4.00. The van der Waals surface area contributed by atoms with Crippen molar-refractivity contribution >= 4 is 5.97 Å². The molecule has 1 atom stereocenters. The van der Waals surface area contributed by atoms with Crippen LogP contribution in [0.3, 0.4) is 0 Å². The monoisotopic (exact) mass is 168 g/mol. The highest BCUT2D eigenvalue weighted by molar-refractivity contribution is 5.77. The first kappa shape index (κ1) is 8.84. The van der Waals surface area contributed by atoms with E-state index in [0.29, 0.717) is 6.61 Å². The van der Waals surface area contributed by atoms with Crippen molar-refractivity contribution < 1.29 is 14.3 Å². The van der Waals surface area contributed by atoms with Gasteiger partial charge in [0, 0.05) is 0 Å². The van der Waals surface area contributed by atoms with Gasteiger partial charge in [-0.25, -0.2) is 4.79 Å². The molecule has 1 aliphatic heterocycles. The van der Waals surface area contributed by atoms with Gasteiger partial charge in [-0.2, -0.15) is 0 Å². The fourth-order valence-electron chi connectivity index (χ4n) is 0.805. The van der Waals surface area contributed by atoms with Crippen LogP contribution in [0.1, 0.15) is 13.3 Å². The lowest BCUT2D eigenvalue weighted by Crippen LogP contribution is -2.24. The van der Waals surface area contributed by atoms with Crippen LogP contribution in [-0.4, -0.2) is 18.7 Å². The maximum atomic E-state index is 11.1. The fraction of sp³-hybridized carbons (Fsp3) is 0.444. The normalized spacial score (nSPS) is 20.2. The summed E-state index contributed by atoms with van der Waals surface area (Å²) in [4.78, 5) is 11.1. The molecule has 1 rings (SSSR count). The zero-order chi connectivity index (χ0) is 8.81. The lowest BCUT2D eigenvalue weighted by atomic mass is 10.3. The van der Waals surface area contributed by atoms with Crippen LogP contribution in [0.2, 0.25) is 0 Å². The largest absolute Gasteiger partial charge is 0.482 e. The second-order valence-electron chi connectivity index (χ2n) is 2.44. The van der Waals surface area contributed by atoms with E-state index in [1.54, 1.807) is 18.2 Å². The van der Waals surface area contributed by atoms with E-state index in [2.05, 4.69) is 0 Å². The summed E-state index contributed by atoms with van der Waals surface area (Å²) in [6.45, 7) is 2.40. The summed E-state index contributed by atoms with van der Waals surface area (Å²) in [5, 5.41) is 0. The third-order valence-corrected chi connectivity index (χ3v) is 1.38. The van der Waals surface area contributed by atoms with E-state index in [4.69, 9.17) is 9.47 Å². The summed E-state index contributed by atoms with van der Waals surface area (Å²) in [5.41, 5.74) is 0. The molecule has 0 aromatic carbocycles. The van der Waals surface area contributed by atoms with Crippen LogP contribution >= 0.6 is 0 Å². The van der Waals surface area contributed by atoms with Gasteiger partial charge in [0.05, 0.1) is 12.9 Å². The summed E-state index contributed by atoms with van der Waals surface area (Å²) >= 11 is 0. The van der Waals surface area contributed by atoms with E-state index < -0.39 is 6.10 Å². The average Bonchev–Trinajstić information content (AvgIpc) is 2.15. The maximum absolute atomic E-state index is 11.1. The molecule has 0 fully saturated rings. The van der Waals surface area contributed by atoms with Crippen molar-refractivity contribution in [1.82, 2.24) is 0 Å². The number of esters is 1. The molecule has 3 nitrogen and oxygen atoms in total. The minimum absolute atomic E-state index is 0.322. The van der Waals surface area contributed by atoms with Crippen LogP contribution in [0, 0.1) is 0 Å². The molecule has 1 unspecified atom stereocenters. The number of rotatable bonds is 3. The first-order valence-corrected chi connectivity index (χ1v) is 4.00. The molecule has 0 saturated carbocycles. The zero-order valence-corrected chi connectivity index (χ0v) is 7.03. The molecule has 0 aliphatic carbocycles. The second kappa shape index (κ2) is 4.59. The minimum atomic E-state index is -0.554.